The number of sulfonamides is 2. The van der Waals surface area contributed by atoms with Gasteiger partial charge in [0, 0.05) is 56.8 Å². The summed E-state index contributed by atoms with van der Waals surface area (Å²) in [6.45, 7) is 9.01. The maximum Gasteiger partial charge on any atom is 0.407 e. The molecular formula is C48H62N8O12S2. The second-order valence-electron chi connectivity index (χ2n) is 17.9. The number of aliphatic hydroxyl groups excluding tert-OH is 2. The van der Waals surface area contributed by atoms with Gasteiger partial charge < -0.3 is 36.1 Å². The molecule has 0 unspecified atom stereocenters. The fraction of sp³-hybridized carbons (Fsp3) is 0.417. The van der Waals surface area contributed by atoms with Crippen LogP contribution in [-0.4, -0.2) is 114 Å². The Morgan fingerprint density at radius 2 is 1.06 bits per heavy atom. The number of aliphatic hydroxyl groups is 2. The van der Waals surface area contributed by atoms with Gasteiger partial charge in [-0.15, -0.1) is 0 Å². The van der Waals surface area contributed by atoms with E-state index in [9.17, 15) is 46.8 Å². The molecule has 22 heteroatoms. The maximum absolute atomic E-state index is 13.3. The zero-order valence-corrected chi connectivity index (χ0v) is 41.6. The second kappa shape index (κ2) is 26.4. The van der Waals surface area contributed by atoms with E-state index in [4.69, 9.17) is 25.7 Å². The summed E-state index contributed by atoms with van der Waals surface area (Å²) in [5.74, 6) is 0. The minimum absolute atomic E-state index is 0.0441. The maximum atomic E-state index is 13.3. The number of nitrogens with two attached hydrogens (primary N) is 1. The van der Waals surface area contributed by atoms with Crippen molar-refractivity contribution < 1.29 is 51.0 Å². The highest BCUT2D eigenvalue weighted by atomic mass is 32.2. The number of nitro benzene ring substituents is 1. The van der Waals surface area contributed by atoms with Crippen LogP contribution >= 0.6 is 0 Å². The molecule has 0 saturated carbocycles. The first kappa shape index (κ1) is 57.7. The molecule has 0 aliphatic heterocycles. The van der Waals surface area contributed by atoms with Crippen LogP contribution in [0.2, 0.25) is 0 Å². The summed E-state index contributed by atoms with van der Waals surface area (Å²) >= 11 is 0. The lowest BCUT2D eigenvalue weighted by molar-refractivity contribution is -0.385. The first-order valence-electron chi connectivity index (χ1n) is 22.0. The van der Waals surface area contributed by atoms with Gasteiger partial charge in [-0.05, 0) is 89.8 Å². The standard InChI is InChI=1S/C24H30N4O7S.C24H32N4O5S/c1-24(2,3)35-23(30)26-21(15-18-9-5-4-6-10-18)22(29)17-27(14-8-13-25)36(33,34)20-12-7-11-19(16-20)28(31)32;1-24(2,3)33-23(30)27-21(15-18-9-5-4-6-10-18)22(29)17-28(14-8-13-25)34(31,32)20-12-7-11-19(26)16-20/h4-7,9-12,16,21-22,29H,8,14-15,17H2,1-3H3,(H,26,30);4-7,9-12,16,21-22,29H,8,14-15,17,26H2,1-3H3,(H,27,30)/t2*21-,22+/m00/s1. The molecule has 6 N–H and O–H groups in total. The Morgan fingerprint density at radius 1 is 0.671 bits per heavy atom. The fourth-order valence-corrected chi connectivity index (χ4v) is 9.60. The molecule has 0 fully saturated rings. The van der Waals surface area contributed by atoms with E-state index < -0.39 is 84.9 Å². The van der Waals surface area contributed by atoms with E-state index in [-0.39, 0.29) is 60.8 Å². The van der Waals surface area contributed by atoms with Crippen LogP contribution < -0.4 is 16.4 Å². The van der Waals surface area contributed by atoms with Crippen molar-refractivity contribution in [2.45, 2.75) is 113 Å². The number of hydrogen-bond donors (Lipinski definition) is 5. The van der Waals surface area contributed by atoms with Crippen molar-refractivity contribution in [1.82, 2.24) is 19.2 Å². The van der Waals surface area contributed by atoms with E-state index >= 15 is 0 Å². The Labute approximate surface area is 409 Å². The largest absolute Gasteiger partial charge is 0.444 e. The van der Waals surface area contributed by atoms with E-state index in [1.165, 1.54) is 30.3 Å². The zero-order chi connectivity index (χ0) is 52.3. The Kier molecular flexibility index (Phi) is 21.7. The van der Waals surface area contributed by atoms with Gasteiger partial charge in [0.15, 0.2) is 0 Å². The molecule has 70 heavy (non-hydrogen) atoms. The molecule has 20 nitrogen and oxygen atoms in total. The number of ether oxygens (including phenoxy) is 2. The van der Waals surface area contributed by atoms with Crippen LogP contribution in [0.25, 0.3) is 0 Å². The Balaban J connectivity index is 0.000000371. The van der Waals surface area contributed by atoms with Gasteiger partial charge in [0.05, 0.1) is 51.1 Å². The molecular weight excluding hydrogens is 945 g/mol. The Bertz CT molecular complexity index is 2650. The highest BCUT2D eigenvalue weighted by Crippen LogP contribution is 2.24. The van der Waals surface area contributed by atoms with Crippen LogP contribution in [0, 0.1) is 32.8 Å². The molecule has 0 saturated heterocycles. The van der Waals surface area contributed by atoms with E-state index in [2.05, 4.69) is 10.6 Å². The van der Waals surface area contributed by atoms with Gasteiger partial charge >= 0.3 is 12.2 Å². The minimum atomic E-state index is -4.31. The molecule has 4 rings (SSSR count). The second-order valence-corrected chi connectivity index (χ2v) is 21.8. The fourth-order valence-electron chi connectivity index (χ4n) is 6.59. The molecule has 2 amide bonds. The number of non-ortho nitro benzene ring substituents is 1. The normalized spacial score (nSPS) is 13.5. The van der Waals surface area contributed by atoms with Gasteiger partial charge in [-0.3, -0.25) is 10.1 Å². The molecule has 0 aromatic heterocycles. The summed E-state index contributed by atoms with van der Waals surface area (Å²) in [7, 11) is -8.37. The lowest BCUT2D eigenvalue weighted by Crippen LogP contribution is -2.51. The average molecular weight is 1010 g/mol. The third kappa shape index (κ3) is 19.4. The lowest BCUT2D eigenvalue weighted by Gasteiger charge is -2.30. The molecule has 0 heterocycles. The van der Waals surface area contributed by atoms with Crippen molar-refractivity contribution in [3.63, 3.8) is 0 Å². The van der Waals surface area contributed by atoms with Crippen molar-refractivity contribution in [2.75, 3.05) is 31.9 Å². The number of hydrogen-bond acceptors (Lipinski definition) is 15. The van der Waals surface area contributed by atoms with E-state index in [1.54, 1.807) is 71.9 Å². The predicted octanol–water partition coefficient (Wildman–Crippen LogP) is 5.67. The first-order valence-corrected chi connectivity index (χ1v) is 24.9. The molecule has 4 atom stereocenters. The number of nitriles is 2. The quantitative estimate of drug-likeness (QED) is 0.0382. The van der Waals surface area contributed by atoms with Crippen LogP contribution in [0.4, 0.5) is 21.0 Å². The molecule has 378 valence electrons. The molecule has 0 aliphatic carbocycles. The molecule has 0 bridgehead atoms. The third-order valence-electron chi connectivity index (χ3n) is 9.82. The number of nitrogen functional groups attached to an aromatic ring is 1. The van der Waals surface area contributed by atoms with Crippen LogP contribution in [0.15, 0.2) is 119 Å². The highest BCUT2D eigenvalue weighted by molar-refractivity contribution is 7.89. The Morgan fingerprint density at radius 3 is 1.41 bits per heavy atom. The SMILES string of the molecule is CC(C)(C)OC(=O)N[C@@H](Cc1ccccc1)[C@H](O)CN(CCC#N)S(=O)(=O)c1cccc(N)c1.CC(C)(C)OC(=O)N[C@@H](Cc1ccccc1)[C@H](O)CN(CCC#N)S(=O)(=O)c1cccc([N+](=O)[O-])c1. The van der Waals surface area contributed by atoms with E-state index in [0.29, 0.717) is 0 Å². The van der Waals surface area contributed by atoms with Gasteiger partial charge in [-0.25, -0.2) is 26.4 Å². The lowest BCUT2D eigenvalue weighted by atomic mass is 10.0. The van der Waals surface area contributed by atoms with Crippen molar-refractivity contribution in [1.29, 1.82) is 10.5 Å². The first-order chi connectivity index (χ1) is 32.7. The molecule has 0 radical (unpaired) electrons. The number of nitrogens with zero attached hydrogens (tertiary/aromatic N) is 5. The van der Waals surface area contributed by atoms with Crippen LogP contribution in [0.1, 0.15) is 65.5 Å². The summed E-state index contributed by atoms with van der Waals surface area (Å²) in [5.41, 5.74) is 5.69. The van der Waals surface area contributed by atoms with Crippen molar-refractivity contribution in [2.24, 2.45) is 0 Å². The number of benzene rings is 4. The average Bonchev–Trinajstić information content (AvgIpc) is 3.28. The van der Waals surface area contributed by atoms with Crippen LogP contribution in [0.3, 0.4) is 0 Å². The van der Waals surface area contributed by atoms with Gasteiger partial charge in [-0.1, -0.05) is 72.8 Å². The number of carbonyl (C=O) groups excluding carboxylic acids is 2. The van der Waals surface area contributed by atoms with Gasteiger partial charge in [0.1, 0.15) is 11.2 Å². The number of nitrogens with one attached hydrogen (secondary N) is 2. The van der Waals surface area contributed by atoms with Gasteiger partial charge in [0.2, 0.25) is 20.0 Å². The van der Waals surface area contributed by atoms with Crippen molar-refractivity contribution >= 4 is 43.6 Å². The number of alkyl carbamates (subject to hydrolysis) is 2. The summed E-state index contributed by atoms with van der Waals surface area (Å²) in [4.78, 5) is 34.9. The van der Waals surface area contributed by atoms with Gasteiger partial charge in [0.25, 0.3) is 5.69 Å². The van der Waals surface area contributed by atoms with E-state index in [0.717, 1.165) is 31.9 Å². The topological polar surface area (TPSA) is 309 Å². The highest BCUT2D eigenvalue weighted by Gasteiger charge is 2.34. The Hall–Kier alpha value is -6.66. The summed E-state index contributed by atoms with van der Waals surface area (Å²) in [6.07, 6.45) is -4.04. The summed E-state index contributed by atoms with van der Waals surface area (Å²) < 4.78 is 65.7. The van der Waals surface area contributed by atoms with Crippen LogP contribution in [-0.2, 0) is 42.4 Å². The van der Waals surface area contributed by atoms with Crippen LogP contribution in [0.5, 0.6) is 0 Å². The zero-order valence-electron chi connectivity index (χ0n) is 40.0. The smallest absolute Gasteiger partial charge is 0.407 e. The molecule has 4 aromatic rings. The molecule has 0 aliphatic rings. The number of nitro groups is 1. The third-order valence-corrected chi connectivity index (χ3v) is 13.5. The monoisotopic (exact) mass is 1010 g/mol. The minimum Gasteiger partial charge on any atom is -0.444 e. The summed E-state index contributed by atoms with van der Waals surface area (Å²) in [5, 5.41) is 56.6. The van der Waals surface area contributed by atoms with Crippen molar-refractivity contribution in [3.8, 4) is 12.1 Å². The van der Waals surface area contributed by atoms with Crippen molar-refractivity contribution in [3.05, 3.63) is 130 Å². The number of carbonyl (C=O) groups is 2. The number of amides is 2. The molecule has 0 spiro atoms. The number of anilines is 1. The van der Waals surface area contributed by atoms with E-state index in [1.807, 2.05) is 48.5 Å². The van der Waals surface area contributed by atoms with Gasteiger partial charge in [-0.2, -0.15) is 19.1 Å². The number of rotatable bonds is 21. The summed E-state index contributed by atoms with van der Waals surface area (Å²) in [6, 6.07) is 30.5. The molecule has 4 aromatic carbocycles. The predicted molar refractivity (Wildman–Crippen MR) is 261 cm³/mol.